The van der Waals surface area contributed by atoms with Crippen LogP contribution in [-0.4, -0.2) is 18.4 Å². The van der Waals surface area contributed by atoms with Gasteiger partial charge in [-0.15, -0.1) is 0 Å². The summed E-state index contributed by atoms with van der Waals surface area (Å²) >= 11 is 12.0. The number of anilines is 3. The predicted octanol–water partition coefficient (Wildman–Crippen LogP) is 6.32. The summed E-state index contributed by atoms with van der Waals surface area (Å²) in [7, 11) is 0. The van der Waals surface area contributed by atoms with Crippen molar-refractivity contribution in [2.45, 2.75) is 6.18 Å². The molecule has 3 rings (SSSR count). The minimum atomic E-state index is -4.51. The van der Waals surface area contributed by atoms with Crippen molar-refractivity contribution in [1.29, 1.82) is 0 Å². The molecule has 5 nitrogen and oxygen atoms in total. The fraction of sp³-hybridized carbons (Fsp3) is 0.0909. The lowest BCUT2D eigenvalue weighted by Gasteiger charge is -2.12. The quantitative estimate of drug-likeness (QED) is 0.386. The normalized spacial score (nSPS) is 11.0. The van der Waals surface area contributed by atoms with Gasteiger partial charge in [-0.25, -0.2) is 0 Å². The van der Waals surface area contributed by atoms with Crippen LogP contribution in [0, 0.1) is 0 Å². The summed E-state index contributed by atoms with van der Waals surface area (Å²) in [5.74, 6) is -0.990. The highest BCUT2D eigenvalue weighted by Gasteiger charge is 2.30. The molecule has 0 heterocycles. The molecule has 0 unspecified atom stereocenters. The third-order valence-electron chi connectivity index (χ3n) is 4.25. The monoisotopic (exact) mass is 481 g/mol. The maximum atomic E-state index is 12.8. The summed E-state index contributed by atoms with van der Waals surface area (Å²) in [6.07, 6.45) is -4.51. The smallest absolute Gasteiger partial charge is 0.376 e. The lowest BCUT2D eigenvalue weighted by atomic mass is 10.1. The first-order valence-corrected chi connectivity index (χ1v) is 9.95. The number of amides is 2. The number of halogens is 5. The Balaban J connectivity index is 1.62. The summed E-state index contributed by atoms with van der Waals surface area (Å²) in [6.45, 7) is -0.123. The molecule has 2 amide bonds. The Morgan fingerprint density at radius 1 is 0.844 bits per heavy atom. The molecular weight excluding hydrogens is 466 g/mol. The molecule has 32 heavy (non-hydrogen) atoms. The fourth-order valence-corrected chi connectivity index (χ4v) is 3.07. The summed E-state index contributed by atoms with van der Waals surface area (Å²) in [6, 6.07) is 15.4. The molecule has 0 fully saturated rings. The van der Waals surface area contributed by atoms with Crippen LogP contribution in [0.25, 0.3) is 0 Å². The Bertz CT molecular complexity index is 1150. The van der Waals surface area contributed by atoms with Crippen LogP contribution in [0.2, 0.25) is 10.0 Å². The minimum Gasteiger partial charge on any atom is -0.376 e. The third-order valence-corrected chi connectivity index (χ3v) is 5.07. The van der Waals surface area contributed by atoms with Crippen molar-refractivity contribution in [2.75, 3.05) is 22.5 Å². The van der Waals surface area contributed by atoms with E-state index in [4.69, 9.17) is 23.2 Å². The maximum Gasteiger partial charge on any atom is 0.416 e. The number of nitrogens with one attached hydrogen (secondary N) is 3. The molecule has 0 saturated carbocycles. The van der Waals surface area contributed by atoms with Crippen LogP contribution in [0.3, 0.4) is 0 Å². The van der Waals surface area contributed by atoms with Gasteiger partial charge in [0.2, 0.25) is 5.91 Å². The molecule has 0 bridgehead atoms. The zero-order chi connectivity index (χ0) is 23.3. The number of hydrogen-bond acceptors (Lipinski definition) is 3. The Morgan fingerprint density at radius 3 is 2.28 bits per heavy atom. The molecular formula is C22H16Cl2F3N3O2. The second-order valence-electron chi connectivity index (χ2n) is 6.62. The van der Waals surface area contributed by atoms with Gasteiger partial charge in [-0.2, -0.15) is 13.2 Å². The van der Waals surface area contributed by atoms with E-state index in [0.717, 1.165) is 12.1 Å². The lowest BCUT2D eigenvalue weighted by molar-refractivity contribution is -0.137. The molecule has 3 aromatic rings. The topological polar surface area (TPSA) is 70.2 Å². The van der Waals surface area contributed by atoms with Gasteiger partial charge in [0.05, 0.1) is 27.8 Å². The molecule has 3 N–H and O–H groups in total. The standard InChI is InChI=1S/C22H16Cl2F3N3O2/c23-17-8-3-9-18(20(17)24)30-19(31)12-28-15-6-1-4-13(10-15)21(32)29-16-7-2-5-14(11-16)22(25,26)27/h1-11,28H,12H2,(H,29,32)(H,30,31). The highest BCUT2D eigenvalue weighted by Crippen LogP contribution is 2.31. The van der Waals surface area contributed by atoms with Crippen LogP contribution in [0.5, 0.6) is 0 Å². The zero-order valence-corrected chi connectivity index (χ0v) is 17.8. The van der Waals surface area contributed by atoms with Crippen molar-refractivity contribution in [3.63, 3.8) is 0 Å². The largest absolute Gasteiger partial charge is 0.416 e. The molecule has 0 spiro atoms. The molecule has 10 heteroatoms. The van der Waals surface area contributed by atoms with Crippen molar-refractivity contribution < 1.29 is 22.8 Å². The Kier molecular flexibility index (Phi) is 7.27. The summed E-state index contributed by atoms with van der Waals surface area (Å²) in [4.78, 5) is 24.6. The van der Waals surface area contributed by atoms with Gasteiger partial charge in [0.1, 0.15) is 0 Å². The van der Waals surface area contributed by atoms with Crippen LogP contribution < -0.4 is 16.0 Å². The average Bonchev–Trinajstić information content (AvgIpc) is 2.75. The van der Waals surface area contributed by atoms with Gasteiger partial charge in [-0.3, -0.25) is 9.59 Å². The van der Waals surface area contributed by atoms with Crippen LogP contribution >= 0.6 is 23.2 Å². The molecule has 0 aromatic heterocycles. The van der Waals surface area contributed by atoms with E-state index in [-0.39, 0.29) is 22.8 Å². The number of carbonyl (C=O) groups excluding carboxylic acids is 2. The molecule has 0 aliphatic carbocycles. The number of hydrogen-bond donors (Lipinski definition) is 3. The van der Waals surface area contributed by atoms with Crippen LogP contribution in [-0.2, 0) is 11.0 Å². The van der Waals surface area contributed by atoms with Crippen molar-refractivity contribution in [3.8, 4) is 0 Å². The van der Waals surface area contributed by atoms with Crippen molar-refractivity contribution in [1.82, 2.24) is 0 Å². The highest BCUT2D eigenvalue weighted by molar-refractivity contribution is 6.44. The molecule has 0 aliphatic rings. The molecule has 3 aromatic carbocycles. The van der Waals surface area contributed by atoms with E-state index in [0.29, 0.717) is 16.4 Å². The lowest BCUT2D eigenvalue weighted by Crippen LogP contribution is -2.22. The van der Waals surface area contributed by atoms with Gasteiger partial charge in [-0.05, 0) is 48.5 Å². The third kappa shape index (κ3) is 6.15. The number of benzene rings is 3. The van der Waals surface area contributed by atoms with E-state index in [1.807, 2.05) is 0 Å². The van der Waals surface area contributed by atoms with Crippen LogP contribution in [0.1, 0.15) is 15.9 Å². The van der Waals surface area contributed by atoms with Gasteiger partial charge in [0, 0.05) is 16.9 Å². The number of alkyl halides is 3. The zero-order valence-electron chi connectivity index (χ0n) is 16.3. The van der Waals surface area contributed by atoms with Crippen molar-refractivity contribution in [2.24, 2.45) is 0 Å². The van der Waals surface area contributed by atoms with E-state index in [1.54, 1.807) is 30.3 Å². The second-order valence-corrected chi connectivity index (χ2v) is 7.40. The molecule has 0 saturated heterocycles. The average molecular weight is 482 g/mol. The summed E-state index contributed by atoms with van der Waals surface area (Å²) < 4.78 is 38.5. The van der Waals surface area contributed by atoms with E-state index in [2.05, 4.69) is 16.0 Å². The SMILES string of the molecule is O=C(CNc1cccc(C(=O)Nc2cccc(C(F)(F)F)c2)c1)Nc1cccc(Cl)c1Cl. The molecule has 0 radical (unpaired) electrons. The Morgan fingerprint density at radius 2 is 1.53 bits per heavy atom. The second kappa shape index (κ2) is 9.93. The van der Waals surface area contributed by atoms with E-state index >= 15 is 0 Å². The van der Waals surface area contributed by atoms with Crippen molar-refractivity contribution in [3.05, 3.63) is 87.9 Å². The van der Waals surface area contributed by atoms with Gasteiger partial charge in [0.25, 0.3) is 5.91 Å². The van der Waals surface area contributed by atoms with Gasteiger partial charge in [0.15, 0.2) is 0 Å². The van der Waals surface area contributed by atoms with E-state index < -0.39 is 23.6 Å². The van der Waals surface area contributed by atoms with Gasteiger partial charge in [-0.1, -0.05) is 41.4 Å². The molecule has 166 valence electrons. The highest BCUT2D eigenvalue weighted by atomic mass is 35.5. The van der Waals surface area contributed by atoms with Gasteiger partial charge >= 0.3 is 6.18 Å². The first-order valence-electron chi connectivity index (χ1n) is 9.20. The first-order chi connectivity index (χ1) is 15.1. The number of carbonyl (C=O) groups is 2. The van der Waals surface area contributed by atoms with E-state index in [9.17, 15) is 22.8 Å². The van der Waals surface area contributed by atoms with Crippen molar-refractivity contribution >= 4 is 52.1 Å². The Hall–Kier alpha value is -3.23. The van der Waals surface area contributed by atoms with E-state index in [1.165, 1.54) is 24.3 Å². The Labute approximate surface area is 191 Å². The summed E-state index contributed by atoms with van der Waals surface area (Å²) in [5.41, 5.74) is 0.178. The summed E-state index contributed by atoms with van der Waals surface area (Å²) in [5, 5.41) is 8.44. The van der Waals surface area contributed by atoms with Crippen LogP contribution in [0.4, 0.5) is 30.2 Å². The van der Waals surface area contributed by atoms with Crippen LogP contribution in [0.15, 0.2) is 66.7 Å². The number of rotatable bonds is 6. The predicted molar refractivity (Wildman–Crippen MR) is 119 cm³/mol. The minimum absolute atomic E-state index is 0.0148. The molecule has 0 atom stereocenters. The fourth-order valence-electron chi connectivity index (χ4n) is 2.72. The first kappa shape index (κ1) is 23.4. The molecule has 0 aliphatic heterocycles. The van der Waals surface area contributed by atoms with Gasteiger partial charge < -0.3 is 16.0 Å². The maximum absolute atomic E-state index is 12.8.